The highest BCUT2D eigenvalue weighted by atomic mass is 32.1. The molecule has 1 amide bonds. The molecule has 0 saturated carbocycles. The Morgan fingerprint density at radius 1 is 1.21 bits per heavy atom. The maximum Gasteiger partial charge on any atom is 0.286 e. The lowest BCUT2D eigenvalue weighted by atomic mass is 10.3. The largest absolute Gasteiger partial charge is 0.494 e. The number of ether oxygens (including phenoxy) is 4. The van der Waals surface area contributed by atoms with Crippen molar-refractivity contribution >= 4 is 27.5 Å². The first kappa shape index (κ1) is 18.9. The highest BCUT2D eigenvalue weighted by molar-refractivity contribution is 7.16. The summed E-state index contributed by atoms with van der Waals surface area (Å²) in [6, 6.07) is 10.8. The SMILES string of the molecule is C#CCn1c(=NC(=O)COc2ccc(OCC)cc2)sc2cc3c(cc21)OCO3. The molecule has 0 atom stereocenters. The van der Waals surface area contributed by atoms with E-state index in [0.717, 1.165) is 16.0 Å². The average molecular weight is 410 g/mol. The zero-order valence-electron chi connectivity index (χ0n) is 15.7. The third-order valence-corrected chi connectivity index (χ3v) is 5.19. The van der Waals surface area contributed by atoms with Crippen molar-refractivity contribution in [2.75, 3.05) is 20.0 Å². The molecule has 2 heterocycles. The number of rotatable bonds is 6. The van der Waals surface area contributed by atoms with Gasteiger partial charge in [-0.1, -0.05) is 17.3 Å². The smallest absolute Gasteiger partial charge is 0.286 e. The van der Waals surface area contributed by atoms with E-state index in [9.17, 15) is 4.79 Å². The van der Waals surface area contributed by atoms with Gasteiger partial charge in [0.05, 0.1) is 23.4 Å². The summed E-state index contributed by atoms with van der Waals surface area (Å²) in [6.45, 7) is 2.80. The quantitative estimate of drug-likeness (QED) is 0.585. The Kier molecular flexibility index (Phi) is 5.40. The van der Waals surface area contributed by atoms with Crippen molar-refractivity contribution in [3.63, 3.8) is 0 Å². The molecule has 0 unspecified atom stereocenters. The summed E-state index contributed by atoms with van der Waals surface area (Å²) in [5.74, 6) is 4.83. The molecule has 0 bridgehead atoms. The van der Waals surface area contributed by atoms with Crippen LogP contribution in [-0.2, 0) is 11.3 Å². The fourth-order valence-corrected chi connectivity index (χ4v) is 3.93. The molecule has 7 nitrogen and oxygen atoms in total. The van der Waals surface area contributed by atoms with Gasteiger partial charge >= 0.3 is 0 Å². The summed E-state index contributed by atoms with van der Waals surface area (Å²) in [5, 5.41) is 0. The third kappa shape index (κ3) is 4.05. The number of hydrogen-bond acceptors (Lipinski definition) is 6. The Morgan fingerprint density at radius 2 is 1.90 bits per heavy atom. The van der Waals surface area contributed by atoms with Gasteiger partial charge in [-0.05, 0) is 31.2 Å². The standard InChI is InChI=1S/C21H18N2O5S/c1-3-9-23-16-10-17-18(28-13-27-17)11-19(16)29-21(23)22-20(24)12-26-15-7-5-14(6-8-15)25-4-2/h1,5-8,10-11H,4,9,12-13H2,2H3. The van der Waals surface area contributed by atoms with Gasteiger partial charge < -0.3 is 23.5 Å². The van der Waals surface area contributed by atoms with Crippen LogP contribution in [0.15, 0.2) is 41.4 Å². The molecule has 1 aliphatic heterocycles. The molecule has 29 heavy (non-hydrogen) atoms. The number of aromatic nitrogens is 1. The number of hydrogen-bond donors (Lipinski definition) is 0. The maximum atomic E-state index is 12.4. The van der Waals surface area contributed by atoms with Gasteiger partial charge in [0.2, 0.25) is 6.79 Å². The molecule has 1 aromatic heterocycles. The van der Waals surface area contributed by atoms with Crippen LogP contribution in [0.5, 0.6) is 23.0 Å². The monoisotopic (exact) mass is 410 g/mol. The van der Waals surface area contributed by atoms with E-state index in [4.69, 9.17) is 25.4 Å². The van der Waals surface area contributed by atoms with Crippen molar-refractivity contribution in [3.8, 4) is 35.3 Å². The molecule has 0 N–H and O–H groups in total. The highest BCUT2D eigenvalue weighted by Crippen LogP contribution is 2.36. The predicted octanol–water partition coefficient (Wildman–Crippen LogP) is 2.97. The summed E-state index contributed by atoms with van der Waals surface area (Å²) < 4.78 is 24.5. The molecular formula is C21H18N2O5S. The topological polar surface area (TPSA) is 71.3 Å². The van der Waals surface area contributed by atoms with E-state index in [2.05, 4.69) is 10.9 Å². The molecular weight excluding hydrogens is 392 g/mol. The Morgan fingerprint density at radius 3 is 2.59 bits per heavy atom. The van der Waals surface area contributed by atoms with E-state index in [1.54, 1.807) is 28.8 Å². The van der Waals surface area contributed by atoms with Gasteiger partial charge in [0.25, 0.3) is 5.91 Å². The van der Waals surface area contributed by atoms with E-state index < -0.39 is 5.91 Å². The fourth-order valence-electron chi connectivity index (χ4n) is 2.87. The van der Waals surface area contributed by atoms with Crippen molar-refractivity contribution in [2.45, 2.75) is 13.5 Å². The van der Waals surface area contributed by atoms with Gasteiger partial charge in [-0.25, -0.2) is 0 Å². The minimum atomic E-state index is -0.406. The molecule has 2 aromatic carbocycles. The fraction of sp³-hybridized carbons (Fsp3) is 0.238. The van der Waals surface area contributed by atoms with E-state index in [0.29, 0.717) is 28.7 Å². The van der Waals surface area contributed by atoms with Crippen LogP contribution in [-0.4, -0.2) is 30.5 Å². The zero-order valence-corrected chi connectivity index (χ0v) is 16.5. The molecule has 3 aromatic rings. The van der Waals surface area contributed by atoms with Crippen LogP contribution in [0.25, 0.3) is 10.2 Å². The Hall–Kier alpha value is -3.44. The molecule has 0 aliphatic carbocycles. The first-order chi connectivity index (χ1) is 14.2. The first-order valence-electron chi connectivity index (χ1n) is 8.97. The summed E-state index contributed by atoms with van der Waals surface area (Å²) in [4.78, 5) is 17.1. The first-order valence-corrected chi connectivity index (χ1v) is 9.79. The van der Waals surface area contributed by atoms with Crippen molar-refractivity contribution in [2.24, 2.45) is 4.99 Å². The Balaban J connectivity index is 1.55. The second kappa shape index (κ2) is 8.29. The van der Waals surface area contributed by atoms with Crippen LogP contribution in [0.1, 0.15) is 6.92 Å². The second-order valence-corrected chi connectivity index (χ2v) is 7.06. The van der Waals surface area contributed by atoms with Gasteiger partial charge in [-0.2, -0.15) is 4.99 Å². The van der Waals surface area contributed by atoms with Crippen LogP contribution in [0.2, 0.25) is 0 Å². The van der Waals surface area contributed by atoms with Crippen molar-refractivity contribution in [1.82, 2.24) is 4.57 Å². The van der Waals surface area contributed by atoms with Gasteiger partial charge in [0.1, 0.15) is 11.5 Å². The van der Waals surface area contributed by atoms with E-state index in [1.165, 1.54) is 11.3 Å². The van der Waals surface area contributed by atoms with Crippen molar-refractivity contribution < 1.29 is 23.7 Å². The van der Waals surface area contributed by atoms with Gasteiger partial charge in [-0.3, -0.25) is 4.79 Å². The highest BCUT2D eigenvalue weighted by Gasteiger charge is 2.17. The number of carbonyl (C=O) groups excluding carboxylic acids is 1. The molecule has 0 saturated heterocycles. The second-order valence-electron chi connectivity index (χ2n) is 6.05. The van der Waals surface area contributed by atoms with Gasteiger partial charge in [0.15, 0.2) is 22.9 Å². The normalized spacial score (nSPS) is 12.8. The molecule has 4 rings (SSSR count). The van der Waals surface area contributed by atoms with Crippen LogP contribution in [0, 0.1) is 12.3 Å². The Labute approximate surface area is 171 Å². The van der Waals surface area contributed by atoms with Crippen LogP contribution in [0.3, 0.4) is 0 Å². The van der Waals surface area contributed by atoms with E-state index >= 15 is 0 Å². The Bertz CT molecular complexity index is 1150. The minimum Gasteiger partial charge on any atom is -0.494 e. The number of terminal acetylenes is 1. The third-order valence-electron chi connectivity index (χ3n) is 4.14. The molecule has 0 spiro atoms. The molecule has 1 aliphatic rings. The summed E-state index contributed by atoms with van der Waals surface area (Å²) in [7, 11) is 0. The number of nitrogens with zero attached hydrogens (tertiary/aromatic N) is 2. The van der Waals surface area contributed by atoms with Gasteiger partial charge in [0, 0.05) is 12.1 Å². The maximum absolute atomic E-state index is 12.4. The van der Waals surface area contributed by atoms with E-state index in [-0.39, 0.29) is 19.9 Å². The molecule has 148 valence electrons. The number of benzene rings is 2. The summed E-state index contributed by atoms with van der Waals surface area (Å²) in [6.07, 6.45) is 5.51. The lowest BCUT2D eigenvalue weighted by molar-refractivity contribution is -0.120. The van der Waals surface area contributed by atoms with Gasteiger partial charge in [-0.15, -0.1) is 6.42 Å². The number of fused-ring (bicyclic) bond motifs is 2. The summed E-state index contributed by atoms with van der Waals surface area (Å²) in [5.41, 5.74) is 0.844. The van der Waals surface area contributed by atoms with E-state index in [1.807, 2.05) is 19.1 Å². The number of amides is 1. The average Bonchev–Trinajstić information content (AvgIpc) is 3.30. The zero-order chi connectivity index (χ0) is 20.2. The van der Waals surface area contributed by atoms with Crippen LogP contribution < -0.4 is 23.7 Å². The lowest BCUT2D eigenvalue weighted by Crippen LogP contribution is -2.19. The summed E-state index contributed by atoms with van der Waals surface area (Å²) >= 11 is 1.36. The van der Waals surface area contributed by atoms with Crippen LogP contribution >= 0.6 is 11.3 Å². The molecule has 0 fully saturated rings. The molecule has 8 heteroatoms. The predicted molar refractivity (Wildman–Crippen MR) is 108 cm³/mol. The lowest BCUT2D eigenvalue weighted by Gasteiger charge is -2.06. The van der Waals surface area contributed by atoms with Crippen molar-refractivity contribution in [3.05, 3.63) is 41.2 Å². The van der Waals surface area contributed by atoms with Crippen LogP contribution in [0.4, 0.5) is 0 Å². The number of thiazole rings is 1. The number of carbonyl (C=O) groups is 1. The minimum absolute atomic E-state index is 0.180. The van der Waals surface area contributed by atoms with Crippen molar-refractivity contribution in [1.29, 1.82) is 0 Å². The molecule has 0 radical (unpaired) electrons.